The van der Waals surface area contributed by atoms with Crippen molar-refractivity contribution in [2.75, 3.05) is 11.9 Å². The van der Waals surface area contributed by atoms with Crippen molar-refractivity contribution in [3.05, 3.63) is 64.7 Å². The maximum Gasteiger partial charge on any atom is 0.355 e. The third-order valence-electron chi connectivity index (χ3n) is 4.70. The molecule has 30 heavy (non-hydrogen) atoms. The number of esters is 1. The number of anilines is 1. The summed E-state index contributed by atoms with van der Waals surface area (Å²) in [6.45, 7) is -0.617. The number of amides is 2. The van der Waals surface area contributed by atoms with E-state index in [4.69, 9.17) is 4.74 Å². The molecule has 2 N–H and O–H groups in total. The van der Waals surface area contributed by atoms with E-state index >= 15 is 0 Å². The van der Waals surface area contributed by atoms with Crippen LogP contribution in [0.3, 0.4) is 0 Å². The molecule has 2 aromatic rings. The number of rotatable bonds is 4. The van der Waals surface area contributed by atoms with Crippen molar-refractivity contribution in [1.82, 2.24) is 5.43 Å². The number of benzene rings is 2. The van der Waals surface area contributed by atoms with Gasteiger partial charge in [-0.2, -0.15) is 5.10 Å². The Morgan fingerprint density at radius 1 is 0.933 bits per heavy atom. The number of ketones is 2. The Morgan fingerprint density at radius 3 is 2.33 bits per heavy atom. The molecule has 1 heterocycles. The molecule has 0 unspecified atom stereocenters. The first-order chi connectivity index (χ1) is 14.5. The lowest BCUT2D eigenvalue weighted by Gasteiger charge is -2.20. The fourth-order valence-electron chi connectivity index (χ4n) is 3.27. The third-order valence-corrected chi connectivity index (χ3v) is 4.70. The van der Waals surface area contributed by atoms with Gasteiger partial charge >= 0.3 is 5.97 Å². The molecule has 150 valence electrons. The van der Waals surface area contributed by atoms with Gasteiger partial charge in [0.05, 0.1) is 11.3 Å². The van der Waals surface area contributed by atoms with E-state index in [1.165, 1.54) is 12.1 Å². The normalized spacial score (nSPS) is 14.8. The van der Waals surface area contributed by atoms with Gasteiger partial charge in [-0.3, -0.25) is 19.2 Å². The van der Waals surface area contributed by atoms with Gasteiger partial charge in [-0.05, 0) is 6.07 Å². The highest BCUT2D eigenvalue weighted by Crippen LogP contribution is 2.31. The molecule has 2 aliphatic rings. The zero-order valence-electron chi connectivity index (χ0n) is 15.6. The number of hydrogen-bond acceptors (Lipinski definition) is 7. The summed E-state index contributed by atoms with van der Waals surface area (Å²) in [5.74, 6) is -2.49. The number of hydrogen-bond donors (Lipinski definition) is 2. The van der Waals surface area contributed by atoms with Gasteiger partial charge < -0.3 is 10.1 Å². The Labute approximate surface area is 170 Å². The van der Waals surface area contributed by atoms with Crippen LogP contribution in [0.15, 0.2) is 47.6 Å². The molecule has 0 aromatic heterocycles. The van der Waals surface area contributed by atoms with Crippen molar-refractivity contribution >= 4 is 40.7 Å². The average Bonchev–Trinajstić information content (AvgIpc) is 2.76. The quantitative estimate of drug-likeness (QED) is 0.628. The molecule has 9 nitrogen and oxygen atoms in total. The first kappa shape index (κ1) is 19.2. The smallest absolute Gasteiger partial charge is 0.355 e. The van der Waals surface area contributed by atoms with Crippen molar-refractivity contribution in [1.29, 1.82) is 0 Å². The number of nitrogens with one attached hydrogen (secondary N) is 2. The molecule has 0 saturated heterocycles. The summed E-state index contributed by atoms with van der Waals surface area (Å²) in [6, 6.07) is 11.1. The Kier molecular flexibility index (Phi) is 4.93. The minimum Gasteiger partial charge on any atom is -0.451 e. The topological polar surface area (TPSA) is 131 Å². The van der Waals surface area contributed by atoms with Crippen LogP contribution in [0, 0.1) is 0 Å². The lowest BCUT2D eigenvalue weighted by molar-refractivity contribution is -0.140. The van der Waals surface area contributed by atoms with Crippen molar-refractivity contribution in [3.63, 3.8) is 0 Å². The maximum atomic E-state index is 12.9. The van der Waals surface area contributed by atoms with Gasteiger partial charge in [0, 0.05) is 29.5 Å². The Balaban J connectivity index is 1.49. The number of nitrogens with zero attached hydrogens (tertiary/aromatic N) is 1. The minimum absolute atomic E-state index is 0.0110. The molecule has 0 saturated carbocycles. The summed E-state index contributed by atoms with van der Waals surface area (Å²) in [5, 5.41) is 6.12. The number of carbonyl (C=O) groups is 5. The largest absolute Gasteiger partial charge is 0.451 e. The average molecular weight is 405 g/mol. The Hall–Kier alpha value is -4.14. The van der Waals surface area contributed by atoms with E-state index in [0.717, 1.165) is 0 Å². The van der Waals surface area contributed by atoms with Gasteiger partial charge in [-0.15, -0.1) is 0 Å². The number of hydrazone groups is 1. The second-order valence-corrected chi connectivity index (χ2v) is 6.65. The van der Waals surface area contributed by atoms with Crippen LogP contribution in [0.4, 0.5) is 5.69 Å². The molecule has 2 aromatic carbocycles. The minimum atomic E-state index is -0.819. The van der Waals surface area contributed by atoms with Gasteiger partial charge in [-0.1, -0.05) is 36.4 Å². The highest BCUT2D eigenvalue weighted by atomic mass is 16.5. The maximum absolute atomic E-state index is 12.9. The van der Waals surface area contributed by atoms with Gasteiger partial charge in [-0.25, -0.2) is 10.2 Å². The van der Waals surface area contributed by atoms with Crippen LogP contribution in [-0.2, 0) is 19.1 Å². The van der Waals surface area contributed by atoms with E-state index < -0.39 is 18.5 Å². The molecule has 0 radical (unpaired) electrons. The molecule has 0 bridgehead atoms. The van der Waals surface area contributed by atoms with E-state index in [9.17, 15) is 24.0 Å². The van der Waals surface area contributed by atoms with Gasteiger partial charge in [0.1, 0.15) is 5.71 Å². The SMILES string of the molecule is O=C1CCC(C(=O)OCC(=O)Nc2cccc3c2C(=O)c2ccccc2C3=O)=NN1. The molecule has 0 spiro atoms. The lowest BCUT2D eigenvalue weighted by atomic mass is 9.83. The van der Waals surface area contributed by atoms with E-state index in [2.05, 4.69) is 15.8 Å². The predicted octanol–water partition coefficient (Wildman–Crippen LogP) is 1.21. The zero-order chi connectivity index (χ0) is 21.3. The lowest BCUT2D eigenvalue weighted by Crippen LogP contribution is -2.32. The van der Waals surface area contributed by atoms with Crippen LogP contribution in [-0.4, -0.2) is 41.7 Å². The van der Waals surface area contributed by atoms with Crippen LogP contribution in [0.25, 0.3) is 0 Å². The van der Waals surface area contributed by atoms with Gasteiger partial charge in [0.2, 0.25) is 5.91 Å². The van der Waals surface area contributed by atoms with Crippen LogP contribution in [0.1, 0.15) is 44.7 Å². The summed E-state index contributed by atoms with van der Waals surface area (Å²) >= 11 is 0. The standard InChI is InChI=1S/C21H15N3O6/c25-16-9-8-15(23-24-16)21(29)30-10-17(26)22-14-7-3-6-13-18(14)20(28)12-5-2-1-4-11(12)19(13)27/h1-7H,8-10H2,(H,22,26)(H,24,25). The molecule has 1 aliphatic carbocycles. The van der Waals surface area contributed by atoms with Crippen LogP contribution in [0.5, 0.6) is 0 Å². The molecular formula is C21H15N3O6. The van der Waals surface area contributed by atoms with E-state index in [1.54, 1.807) is 30.3 Å². The molecule has 0 fully saturated rings. The first-order valence-electron chi connectivity index (χ1n) is 9.09. The molecule has 2 amide bonds. The molecule has 4 rings (SSSR count). The highest BCUT2D eigenvalue weighted by Gasteiger charge is 2.31. The van der Waals surface area contributed by atoms with Crippen LogP contribution < -0.4 is 10.7 Å². The van der Waals surface area contributed by atoms with Gasteiger partial charge in [0.15, 0.2) is 18.2 Å². The van der Waals surface area contributed by atoms with Crippen molar-refractivity contribution in [2.24, 2.45) is 5.10 Å². The molecule has 9 heteroatoms. The summed E-state index contributed by atoms with van der Waals surface area (Å²) in [6.07, 6.45) is 0.225. The Bertz CT molecular complexity index is 1150. The highest BCUT2D eigenvalue weighted by molar-refractivity contribution is 6.37. The van der Waals surface area contributed by atoms with Crippen LogP contribution >= 0.6 is 0 Å². The van der Waals surface area contributed by atoms with Crippen molar-refractivity contribution < 1.29 is 28.7 Å². The Morgan fingerprint density at radius 2 is 1.63 bits per heavy atom. The first-order valence-corrected chi connectivity index (χ1v) is 9.09. The number of carbonyl (C=O) groups excluding carboxylic acids is 5. The van der Waals surface area contributed by atoms with E-state index in [1.807, 2.05) is 0 Å². The van der Waals surface area contributed by atoms with Crippen LogP contribution in [0.2, 0.25) is 0 Å². The van der Waals surface area contributed by atoms with Gasteiger partial charge in [0.25, 0.3) is 5.91 Å². The monoisotopic (exact) mass is 405 g/mol. The van der Waals surface area contributed by atoms with E-state index in [0.29, 0.717) is 5.56 Å². The summed E-state index contributed by atoms with van der Waals surface area (Å²) in [5.41, 5.74) is 3.21. The summed E-state index contributed by atoms with van der Waals surface area (Å²) < 4.78 is 4.91. The number of fused-ring (bicyclic) bond motifs is 2. The summed E-state index contributed by atoms with van der Waals surface area (Å²) in [7, 11) is 0. The third kappa shape index (κ3) is 3.48. The van der Waals surface area contributed by atoms with Crippen molar-refractivity contribution in [3.8, 4) is 0 Å². The second kappa shape index (κ2) is 7.70. The van der Waals surface area contributed by atoms with Crippen molar-refractivity contribution in [2.45, 2.75) is 12.8 Å². The molecule has 1 aliphatic heterocycles. The zero-order valence-corrected chi connectivity index (χ0v) is 15.6. The molecule has 0 atom stereocenters. The van der Waals surface area contributed by atoms with E-state index in [-0.39, 0.29) is 58.4 Å². The second-order valence-electron chi connectivity index (χ2n) is 6.65. The fraction of sp³-hybridized carbons (Fsp3) is 0.143. The fourth-order valence-corrected chi connectivity index (χ4v) is 3.27. The predicted molar refractivity (Wildman–Crippen MR) is 104 cm³/mol. The summed E-state index contributed by atoms with van der Waals surface area (Å²) in [4.78, 5) is 60.9. The number of ether oxygens (including phenoxy) is 1. The molecular weight excluding hydrogens is 390 g/mol.